The average molecular weight is 411 g/mol. The van der Waals surface area contributed by atoms with Gasteiger partial charge in [0.15, 0.2) is 11.2 Å². The highest BCUT2D eigenvalue weighted by Gasteiger charge is 2.21. The lowest BCUT2D eigenvalue weighted by atomic mass is 10.1. The van der Waals surface area contributed by atoms with Crippen LogP contribution in [0.5, 0.6) is 0 Å². The van der Waals surface area contributed by atoms with Gasteiger partial charge in [-0.15, -0.1) is 11.3 Å². The molecular formula is C20H17N3O5S. The standard InChI is InChI=1S/C20H17N3O5S/c1-12-10-15(8-9-17(12)23(26)27)19(25)28-13(2)18(24)22-20-21-16(11-29-20)14-6-4-3-5-7-14/h3-11,13H,1-2H3,(H,21,22,24)/t13-/m0/s1. The van der Waals surface area contributed by atoms with Crippen LogP contribution in [0.4, 0.5) is 10.8 Å². The minimum atomic E-state index is -1.07. The molecular weight excluding hydrogens is 394 g/mol. The lowest BCUT2D eigenvalue weighted by Crippen LogP contribution is -2.30. The third kappa shape index (κ3) is 4.82. The van der Waals surface area contributed by atoms with E-state index in [0.717, 1.165) is 11.3 Å². The first-order chi connectivity index (χ1) is 13.8. The number of aromatic nitrogens is 1. The maximum absolute atomic E-state index is 12.3. The van der Waals surface area contributed by atoms with Crippen molar-refractivity contribution in [2.45, 2.75) is 20.0 Å². The second-order valence-corrected chi connectivity index (χ2v) is 7.06. The summed E-state index contributed by atoms with van der Waals surface area (Å²) in [4.78, 5) is 39.3. The number of hydrogen-bond donors (Lipinski definition) is 1. The number of amides is 1. The van der Waals surface area contributed by atoms with Gasteiger partial charge in [-0.1, -0.05) is 30.3 Å². The van der Waals surface area contributed by atoms with Gasteiger partial charge in [0.2, 0.25) is 0 Å². The van der Waals surface area contributed by atoms with Gasteiger partial charge in [-0.2, -0.15) is 0 Å². The molecule has 2 aromatic carbocycles. The number of rotatable bonds is 6. The van der Waals surface area contributed by atoms with Gasteiger partial charge < -0.3 is 4.74 Å². The van der Waals surface area contributed by atoms with E-state index < -0.39 is 22.9 Å². The third-order valence-electron chi connectivity index (χ3n) is 4.09. The molecule has 0 bridgehead atoms. The first-order valence-electron chi connectivity index (χ1n) is 8.63. The van der Waals surface area contributed by atoms with Gasteiger partial charge in [-0.3, -0.25) is 20.2 Å². The highest BCUT2D eigenvalue weighted by molar-refractivity contribution is 7.14. The van der Waals surface area contributed by atoms with E-state index in [2.05, 4.69) is 10.3 Å². The van der Waals surface area contributed by atoms with E-state index in [0.29, 0.717) is 10.7 Å². The molecule has 1 N–H and O–H groups in total. The Labute approximate surface area is 170 Å². The first-order valence-corrected chi connectivity index (χ1v) is 9.51. The van der Waals surface area contributed by atoms with Crippen molar-refractivity contribution in [2.24, 2.45) is 0 Å². The molecule has 0 unspecified atom stereocenters. The van der Waals surface area contributed by atoms with Crippen LogP contribution in [-0.4, -0.2) is 27.9 Å². The van der Waals surface area contributed by atoms with E-state index in [-0.39, 0.29) is 11.3 Å². The molecule has 0 spiro atoms. The summed E-state index contributed by atoms with van der Waals surface area (Å²) in [5.74, 6) is -1.26. The Morgan fingerprint density at radius 2 is 1.93 bits per heavy atom. The lowest BCUT2D eigenvalue weighted by Gasteiger charge is -2.12. The van der Waals surface area contributed by atoms with Gasteiger partial charge in [0.1, 0.15) is 0 Å². The Morgan fingerprint density at radius 3 is 2.59 bits per heavy atom. The predicted octanol–water partition coefficient (Wildman–Crippen LogP) is 4.21. The average Bonchev–Trinajstić information content (AvgIpc) is 3.16. The Kier molecular flexibility index (Phi) is 5.99. The molecule has 3 rings (SSSR count). The fraction of sp³-hybridized carbons (Fsp3) is 0.150. The van der Waals surface area contributed by atoms with Crippen molar-refractivity contribution in [2.75, 3.05) is 5.32 Å². The third-order valence-corrected chi connectivity index (χ3v) is 4.84. The van der Waals surface area contributed by atoms with Crippen LogP contribution in [0.2, 0.25) is 0 Å². The first kappa shape index (κ1) is 20.2. The topological polar surface area (TPSA) is 111 Å². The summed E-state index contributed by atoms with van der Waals surface area (Å²) >= 11 is 1.26. The van der Waals surface area contributed by atoms with Crippen molar-refractivity contribution in [1.82, 2.24) is 4.98 Å². The van der Waals surface area contributed by atoms with Gasteiger partial charge in [0.05, 0.1) is 16.2 Å². The van der Waals surface area contributed by atoms with E-state index >= 15 is 0 Å². The zero-order chi connectivity index (χ0) is 21.0. The Morgan fingerprint density at radius 1 is 1.21 bits per heavy atom. The van der Waals surface area contributed by atoms with E-state index in [1.807, 2.05) is 35.7 Å². The van der Waals surface area contributed by atoms with E-state index in [4.69, 9.17) is 4.74 Å². The molecule has 0 fully saturated rings. The summed E-state index contributed by atoms with van der Waals surface area (Å²) in [7, 11) is 0. The Balaban J connectivity index is 1.62. The number of nitrogens with zero attached hydrogens (tertiary/aromatic N) is 2. The highest BCUT2D eigenvalue weighted by Crippen LogP contribution is 2.25. The molecule has 1 heterocycles. The zero-order valence-electron chi connectivity index (χ0n) is 15.6. The summed E-state index contributed by atoms with van der Waals surface area (Å²) < 4.78 is 5.17. The van der Waals surface area contributed by atoms with Crippen LogP contribution >= 0.6 is 11.3 Å². The predicted molar refractivity (Wildman–Crippen MR) is 109 cm³/mol. The molecule has 1 aromatic heterocycles. The summed E-state index contributed by atoms with van der Waals surface area (Å²) in [6, 6.07) is 13.4. The number of nitro benzene ring substituents is 1. The minimum absolute atomic E-state index is 0.0923. The number of anilines is 1. The fourth-order valence-electron chi connectivity index (χ4n) is 2.55. The summed E-state index contributed by atoms with van der Waals surface area (Å²) in [5.41, 5.74) is 2.03. The summed E-state index contributed by atoms with van der Waals surface area (Å²) in [6.07, 6.45) is -1.07. The minimum Gasteiger partial charge on any atom is -0.449 e. The van der Waals surface area contributed by atoms with Crippen molar-refractivity contribution in [3.8, 4) is 11.3 Å². The number of carbonyl (C=O) groups excluding carboxylic acids is 2. The molecule has 0 saturated heterocycles. The van der Waals surface area contributed by atoms with Gasteiger partial charge in [-0.05, 0) is 26.0 Å². The molecule has 29 heavy (non-hydrogen) atoms. The number of nitro groups is 1. The van der Waals surface area contributed by atoms with Gasteiger partial charge in [0.25, 0.3) is 11.6 Å². The molecule has 8 nitrogen and oxygen atoms in total. The van der Waals surface area contributed by atoms with Crippen LogP contribution < -0.4 is 5.32 Å². The summed E-state index contributed by atoms with van der Waals surface area (Å²) in [5, 5.41) is 15.7. The molecule has 1 amide bonds. The number of ether oxygens (including phenoxy) is 1. The number of hydrogen-bond acceptors (Lipinski definition) is 7. The van der Waals surface area contributed by atoms with Crippen LogP contribution in [0.25, 0.3) is 11.3 Å². The van der Waals surface area contributed by atoms with E-state index in [1.54, 1.807) is 0 Å². The Hall–Kier alpha value is -3.59. The number of aryl methyl sites for hydroxylation is 1. The molecule has 148 valence electrons. The van der Waals surface area contributed by atoms with Crippen molar-refractivity contribution in [3.63, 3.8) is 0 Å². The van der Waals surface area contributed by atoms with Crippen LogP contribution in [0.1, 0.15) is 22.8 Å². The SMILES string of the molecule is Cc1cc(C(=O)O[C@@H](C)C(=O)Nc2nc(-c3ccccc3)cs2)ccc1[N+](=O)[O-]. The maximum atomic E-state index is 12.3. The normalized spacial score (nSPS) is 11.5. The van der Waals surface area contributed by atoms with Gasteiger partial charge >= 0.3 is 5.97 Å². The van der Waals surface area contributed by atoms with Crippen LogP contribution in [0, 0.1) is 17.0 Å². The second-order valence-electron chi connectivity index (χ2n) is 6.20. The number of esters is 1. The van der Waals surface area contributed by atoms with Gasteiger partial charge in [-0.25, -0.2) is 9.78 Å². The monoisotopic (exact) mass is 411 g/mol. The largest absolute Gasteiger partial charge is 0.449 e. The number of carbonyl (C=O) groups is 2. The maximum Gasteiger partial charge on any atom is 0.338 e. The molecule has 0 aliphatic rings. The lowest BCUT2D eigenvalue weighted by molar-refractivity contribution is -0.385. The second kappa shape index (κ2) is 8.61. The number of thiazole rings is 1. The summed E-state index contributed by atoms with van der Waals surface area (Å²) in [6.45, 7) is 2.97. The van der Waals surface area contributed by atoms with Crippen LogP contribution in [0.15, 0.2) is 53.9 Å². The molecule has 1 atom stereocenters. The van der Waals surface area contributed by atoms with Crippen LogP contribution in [0.3, 0.4) is 0 Å². The fourth-order valence-corrected chi connectivity index (χ4v) is 3.27. The molecule has 3 aromatic rings. The zero-order valence-corrected chi connectivity index (χ0v) is 16.4. The molecule has 0 aliphatic heterocycles. The van der Waals surface area contributed by atoms with Gasteiger partial charge in [0, 0.05) is 22.6 Å². The Bertz CT molecular complexity index is 1060. The van der Waals surface area contributed by atoms with Crippen molar-refractivity contribution < 1.29 is 19.2 Å². The molecule has 0 saturated carbocycles. The smallest absolute Gasteiger partial charge is 0.338 e. The quantitative estimate of drug-likeness (QED) is 0.369. The molecule has 0 radical (unpaired) electrons. The van der Waals surface area contributed by atoms with Crippen molar-refractivity contribution in [3.05, 3.63) is 75.2 Å². The van der Waals surface area contributed by atoms with Crippen LogP contribution in [-0.2, 0) is 9.53 Å². The van der Waals surface area contributed by atoms with E-state index in [1.165, 1.54) is 43.4 Å². The van der Waals surface area contributed by atoms with Crippen molar-refractivity contribution in [1.29, 1.82) is 0 Å². The molecule has 0 aliphatic carbocycles. The highest BCUT2D eigenvalue weighted by atomic mass is 32.1. The number of benzene rings is 2. The molecule has 9 heteroatoms. The van der Waals surface area contributed by atoms with E-state index in [9.17, 15) is 19.7 Å². The van der Waals surface area contributed by atoms with Crippen molar-refractivity contribution >= 4 is 34.0 Å². The number of nitrogens with one attached hydrogen (secondary N) is 1.